The molecule has 0 saturated carbocycles. The molecule has 0 radical (unpaired) electrons. The number of carbonyl (C=O) groups excluding carboxylic acids is 1. The molecule has 6 nitrogen and oxygen atoms in total. The highest BCUT2D eigenvalue weighted by molar-refractivity contribution is 9.10. The summed E-state index contributed by atoms with van der Waals surface area (Å²) in [5, 5.41) is 7.68. The number of aryl methyl sites for hydroxylation is 1. The van der Waals surface area contributed by atoms with Gasteiger partial charge in [-0.25, -0.2) is 4.98 Å². The molecular formula is C20H16BrN5O. The monoisotopic (exact) mass is 421 g/mol. The lowest BCUT2D eigenvalue weighted by Crippen LogP contribution is -2.25. The molecule has 1 unspecified atom stereocenters. The molecule has 0 saturated heterocycles. The van der Waals surface area contributed by atoms with Crippen molar-refractivity contribution in [3.8, 4) is 5.95 Å². The third kappa shape index (κ3) is 2.66. The first-order valence-electron chi connectivity index (χ1n) is 8.70. The molecule has 2 aromatic carbocycles. The Bertz CT molecular complexity index is 1160. The van der Waals surface area contributed by atoms with Crippen LogP contribution in [0.2, 0.25) is 0 Å². The molecule has 27 heavy (non-hydrogen) atoms. The van der Waals surface area contributed by atoms with Crippen LogP contribution in [0, 0.1) is 6.92 Å². The van der Waals surface area contributed by atoms with E-state index in [1.54, 1.807) is 4.68 Å². The fourth-order valence-corrected chi connectivity index (χ4v) is 4.17. The average Bonchev–Trinajstić information content (AvgIpc) is 3.22. The molecule has 0 fully saturated rings. The molecule has 1 atom stereocenters. The average molecular weight is 422 g/mol. The number of nitrogens with one attached hydrogen (secondary N) is 2. The van der Waals surface area contributed by atoms with Crippen molar-refractivity contribution >= 4 is 38.7 Å². The van der Waals surface area contributed by atoms with E-state index in [-0.39, 0.29) is 11.8 Å². The Balaban J connectivity index is 1.69. The van der Waals surface area contributed by atoms with Crippen molar-refractivity contribution in [1.82, 2.24) is 19.7 Å². The second-order valence-corrected chi connectivity index (χ2v) is 7.61. The zero-order valence-corrected chi connectivity index (χ0v) is 16.1. The second-order valence-electron chi connectivity index (χ2n) is 6.70. The van der Waals surface area contributed by atoms with E-state index in [9.17, 15) is 4.79 Å². The number of aromatic nitrogens is 4. The molecular weight excluding hydrogens is 406 g/mol. The summed E-state index contributed by atoms with van der Waals surface area (Å²) in [6.45, 7) is 1.97. The quantitative estimate of drug-likeness (QED) is 0.506. The van der Waals surface area contributed by atoms with Crippen LogP contribution in [0.25, 0.3) is 17.0 Å². The van der Waals surface area contributed by atoms with E-state index in [0.29, 0.717) is 18.2 Å². The number of hydrogen-bond acceptors (Lipinski definition) is 3. The molecule has 1 aliphatic heterocycles. The summed E-state index contributed by atoms with van der Waals surface area (Å²) in [7, 11) is 0. The van der Waals surface area contributed by atoms with Crippen LogP contribution in [0.3, 0.4) is 0 Å². The third-order valence-electron chi connectivity index (χ3n) is 4.93. The maximum absolute atomic E-state index is 12.5. The number of anilines is 1. The van der Waals surface area contributed by atoms with Gasteiger partial charge in [-0.1, -0.05) is 40.2 Å². The Morgan fingerprint density at radius 1 is 1.19 bits per heavy atom. The fraction of sp³-hybridized carbons (Fsp3) is 0.150. The molecule has 1 aliphatic rings. The molecule has 134 valence electrons. The zero-order valence-electron chi connectivity index (χ0n) is 14.5. The molecule has 0 spiro atoms. The minimum absolute atomic E-state index is 0.0234. The van der Waals surface area contributed by atoms with Gasteiger partial charge in [-0.05, 0) is 36.8 Å². The molecule has 0 aliphatic carbocycles. The van der Waals surface area contributed by atoms with Gasteiger partial charge in [-0.2, -0.15) is 9.78 Å². The molecule has 0 bridgehead atoms. The number of imidazole rings is 1. The van der Waals surface area contributed by atoms with E-state index in [1.807, 2.05) is 43.3 Å². The number of benzene rings is 2. The van der Waals surface area contributed by atoms with Crippen LogP contribution in [0.4, 0.5) is 5.82 Å². The number of para-hydroxylation sites is 2. The van der Waals surface area contributed by atoms with Gasteiger partial charge in [-0.15, -0.1) is 0 Å². The molecule has 2 N–H and O–H groups in total. The number of fused-ring (bicyclic) bond motifs is 2. The van der Waals surface area contributed by atoms with Gasteiger partial charge in [0.05, 0.1) is 16.7 Å². The predicted octanol–water partition coefficient (Wildman–Crippen LogP) is 4.29. The largest absolute Gasteiger partial charge is 0.322 e. The SMILES string of the molecule is Cc1nn(-c2nc3ccccc3[nH]2)c2c1C(c1cccc(Br)c1)CC(=O)N2. The van der Waals surface area contributed by atoms with E-state index >= 15 is 0 Å². The van der Waals surface area contributed by atoms with E-state index in [4.69, 9.17) is 0 Å². The third-order valence-corrected chi connectivity index (χ3v) is 5.42. The van der Waals surface area contributed by atoms with Crippen LogP contribution < -0.4 is 5.32 Å². The van der Waals surface area contributed by atoms with Crippen LogP contribution in [-0.4, -0.2) is 25.7 Å². The van der Waals surface area contributed by atoms with E-state index in [2.05, 4.69) is 48.4 Å². The van der Waals surface area contributed by atoms with Crippen molar-refractivity contribution in [3.05, 3.63) is 69.8 Å². The van der Waals surface area contributed by atoms with Crippen molar-refractivity contribution in [2.24, 2.45) is 0 Å². The topological polar surface area (TPSA) is 75.6 Å². The fourth-order valence-electron chi connectivity index (χ4n) is 3.75. The first-order chi connectivity index (χ1) is 13.1. The highest BCUT2D eigenvalue weighted by atomic mass is 79.9. The Hall–Kier alpha value is -2.93. The summed E-state index contributed by atoms with van der Waals surface area (Å²) in [5.41, 5.74) is 4.80. The van der Waals surface area contributed by atoms with E-state index in [1.165, 1.54) is 0 Å². The highest BCUT2D eigenvalue weighted by Gasteiger charge is 2.33. The first kappa shape index (κ1) is 16.3. The lowest BCUT2D eigenvalue weighted by atomic mass is 9.86. The summed E-state index contributed by atoms with van der Waals surface area (Å²) in [4.78, 5) is 20.4. The summed E-state index contributed by atoms with van der Waals surface area (Å²) >= 11 is 3.53. The van der Waals surface area contributed by atoms with Gasteiger partial charge < -0.3 is 10.3 Å². The second kappa shape index (κ2) is 6.06. The number of nitrogens with zero attached hydrogens (tertiary/aromatic N) is 3. The lowest BCUT2D eigenvalue weighted by Gasteiger charge is -2.24. The minimum atomic E-state index is -0.0376. The van der Waals surface area contributed by atoms with Crippen molar-refractivity contribution in [2.45, 2.75) is 19.3 Å². The van der Waals surface area contributed by atoms with Crippen LogP contribution in [-0.2, 0) is 4.79 Å². The Labute approximate surface area is 163 Å². The van der Waals surface area contributed by atoms with Crippen molar-refractivity contribution < 1.29 is 4.79 Å². The van der Waals surface area contributed by atoms with Gasteiger partial charge in [0.25, 0.3) is 0 Å². The highest BCUT2D eigenvalue weighted by Crippen LogP contribution is 2.40. The molecule has 4 aromatic rings. The minimum Gasteiger partial charge on any atom is -0.322 e. The van der Waals surface area contributed by atoms with Crippen LogP contribution in [0.1, 0.15) is 29.2 Å². The molecule has 5 rings (SSSR count). The number of hydrogen-bond donors (Lipinski definition) is 2. The first-order valence-corrected chi connectivity index (χ1v) is 9.49. The molecule has 2 aromatic heterocycles. The van der Waals surface area contributed by atoms with Crippen molar-refractivity contribution in [1.29, 1.82) is 0 Å². The standard InChI is InChI=1S/C20H16BrN5O/c1-11-18-14(12-5-4-6-13(21)9-12)10-17(27)24-19(18)26(25-11)20-22-15-7-2-3-8-16(15)23-20/h2-9,14H,10H2,1H3,(H,22,23)(H,24,27). The van der Waals surface area contributed by atoms with Gasteiger partial charge in [0.15, 0.2) is 0 Å². The maximum Gasteiger partial charge on any atom is 0.231 e. The number of amides is 1. The van der Waals surface area contributed by atoms with Gasteiger partial charge in [-0.3, -0.25) is 4.79 Å². The van der Waals surface area contributed by atoms with Crippen molar-refractivity contribution in [3.63, 3.8) is 0 Å². The smallest absolute Gasteiger partial charge is 0.231 e. The van der Waals surface area contributed by atoms with Gasteiger partial charge in [0.1, 0.15) is 5.82 Å². The number of carbonyl (C=O) groups is 1. The molecule has 3 heterocycles. The normalized spacial score (nSPS) is 16.4. The number of H-pyrrole nitrogens is 1. The molecule has 7 heteroatoms. The predicted molar refractivity (Wildman–Crippen MR) is 107 cm³/mol. The van der Waals surface area contributed by atoms with Gasteiger partial charge in [0, 0.05) is 22.4 Å². The van der Waals surface area contributed by atoms with Crippen LogP contribution >= 0.6 is 15.9 Å². The number of halogens is 1. The Kier molecular flexibility index (Phi) is 3.65. The Morgan fingerprint density at radius 2 is 2.04 bits per heavy atom. The maximum atomic E-state index is 12.5. The van der Waals surface area contributed by atoms with Gasteiger partial charge >= 0.3 is 0 Å². The van der Waals surface area contributed by atoms with Crippen molar-refractivity contribution in [2.75, 3.05) is 5.32 Å². The van der Waals surface area contributed by atoms with Crippen LogP contribution in [0.5, 0.6) is 0 Å². The zero-order chi connectivity index (χ0) is 18.5. The molecule has 1 amide bonds. The summed E-state index contributed by atoms with van der Waals surface area (Å²) in [6.07, 6.45) is 0.399. The summed E-state index contributed by atoms with van der Waals surface area (Å²) in [6, 6.07) is 15.9. The lowest BCUT2D eigenvalue weighted by molar-refractivity contribution is -0.116. The van der Waals surface area contributed by atoms with Gasteiger partial charge in [0.2, 0.25) is 11.9 Å². The Morgan fingerprint density at radius 3 is 2.85 bits per heavy atom. The summed E-state index contributed by atoms with van der Waals surface area (Å²) in [5.74, 6) is 1.22. The number of rotatable bonds is 2. The van der Waals surface area contributed by atoms with E-state index in [0.717, 1.165) is 32.3 Å². The van der Waals surface area contributed by atoms with E-state index < -0.39 is 0 Å². The number of aromatic amines is 1. The summed E-state index contributed by atoms with van der Waals surface area (Å²) < 4.78 is 2.70. The van der Waals surface area contributed by atoms with Crippen LogP contribution in [0.15, 0.2) is 53.0 Å².